The molecule has 4 rings (SSSR count). The van der Waals surface area contributed by atoms with Gasteiger partial charge in [0, 0.05) is 49.1 Å². The Morgan fingerprint density at radius 1 is 1.00 bits per heavy atom. The van der Waals surface area contributed by atoms with Gasteiger partial charge in [0.15, 0.2) is 0 Å². The van der Waals surface area contributed by atoms with E-state index in [-0.39, 0.29) is 5.92 Å². The quantitative estimate of drug-likeness (QED) is 0.578. The van der Waals surface area contributed by atoms with Gasteiger partial charge in [-0.2, -0.15) is 0 Å². The number of carbonyl (C=O) groups is 1. The third-order valence-electron chi connectivity index (χ3n) is 6.10. The Balaban J connectivity index is 1.75. The van der Waals surface area contributed by atoms with Crippen LogP contribution in [0.2, 0.25) is 0 Å². The predicted molar refractivity (Wildman–Crippen MR) is 116 cm³/mol. The lowest BCUT2D eigenvalue weighted by Crippen LogP contribution is -2.36. The summed E-state index contributed by atoms with van der Waals surface area (Å²) in [6, 6.07) is 17.3. The van der Waals surface area contributed by atoms with E-state index in [1.807, 2.05) is 0 Å². The van der Waals surface area contributed by atoms with E-state index in [1.54, 1.807) is 0 Å². The summed E-state index contributed by atoms with van der Waals surface area (Å²) in [5.74, 6) is 0.381. The van der Waals surface area contributed by atoms with Gasteiger partial charge in [0.2, 0.25) is 5.91 Å². The first-order valence-corrected chi connectivity index (χ1v) is 10.6. The van der Waals surface area contributed by atoms with Crippen LogP contribution in [0.4, 0.5) is 0 Å². The molecule has 1 atom stereocenters. The Morgan fingerprint density at radius 3 is 2.43 bits per heavy atom. The summed E-state index contributed by atoms with van der Waals surface area (Å²) < 4.78 is 2.30. The molecular formula is C25H30N2O. The van der Waals surface area contributed by atoms with Gasteiger partial charge in [0.05, 0.1) is 0 Å². The lowest BCUT2D eigenvalue weighted by Gasteiger charge is -2.28. The Kier molecular flexibility index (Phi) is 5.52. The number of aromatic nitrogens is 1. The lowest BCUT2D eigenvalue weighted by atomic mass is 9.87. The fraction of sp³-hybridized carbons (Fsp3) is 0.400. The molecule has 0 unspecified atom stereocenters. The molecule has 0 bridgehead atoms. The number of carbonyl (C=O) groups excluding carboxylic acids is 1. The van der Waals surface area contributed by atoms with Crippen molar-refractivity contribution >= 4 is 16.8 Å². The first kappa shape index (κ1) is 18.8. The number of benzene rings is 2. The number of hydrogen-bond donors (Lipinski definition) is 0. The van der Waals surface area contributed by atoms with Crippen LogP contribution < -0.4 is 0 Å². The van der Waals surface area contributed by atoms with E-state index in [4.69, 9.17) is 0 Å². The number of rotatable bonds is 5. The molecule has 146 valence electrons. The number of likely N-dealkylation sites (tertiary alicyclic amines) is 1. The topological polar surface area (TPSA) is 25.2 Å². The number of fused-ring (bicyclic) bond motifs is 1. The minimum absolute atomic E-state index is 0.0905. The molecule has 0 N–H and O–H groups in total. The molecule has 1 saturated heterocycles. The van der Waals surface area contributed by atoms with E-state index >= 15 is 0 Å². The van der Waals surface area contributed by atoms with Gasteiger partial charge in [0.1, 0.15) is 0 Å². The largest absolute Gasteiger partial charge is 0.347 e. The summed E-state index contributed by atoms with van der Waals surface area (Å²) in [5.41, 5.74) is 5.00. The van der Waals surface area contributed by atoms with Gasteiger partial charge in [0.25, 0.3) is 0 Å². The maximum absolute atomic E-state index is 13.2. The first-order chi connectivity index (χ1) is 13.7. The minimum Gasteiger partial charge on any atom is -0.347 e. The van der Waals surface area contributed by atoms with E-state index in [9.17, 15) is 4.79 Å². The SMILES string of the molecule is CCn1cc([C@H](CC(=O)N2CCCCC2)c2ccc(C)cc2)c2ccccc21. The second kappa shape index (κ2) is 8.22. The van der Waals surface area contributed by atoms with Crippen LogP contribution in [0.15, 0.2) is 54.7 Å². The van der Waals surface area contributed by atoms with Crippen molar-refractivity contribution in [3.8, 4) is 0 Å². The molecule has 0 spiro atoms. The van der Waals surface area contributed by atoms with Crippen LogP contribution in [0.1, 0.15) is 55.2 Å². The molecule has 1 aliphatic rings. The Labute approximate surface area is 168 Å². The number of nitrogens with zero attached hydrogens (tertiary/aromatic N) is 2. The van der Waals surface area contributed by atoms with Crippen molar-refractivity contribution in [3.05, 3.63) is 71.4 Å². The highest BCUT2D eigenvalue weighted by molar-refractivity contribution is 5.86. The monoisotopic (exact) mass is 374 g/mol. The van der Waals surface area contributed by atoms with Gasteiger partial charge in [-0.25, -0.2) is 0 Å². The van der Waals surface area contributed by atoms with E-state index in [0.29, 0.717) is 12.3 Å². The summed E-state index contributed by atoms with van der Waals surface area (Å²) in [5, 5.41) is 1.27. The molecule has 1 amide bonds. The van der Waals surface area contributed by atoms with Gasteiger partial charge >= 0.3 is 0 Å². The number of hydrogen-bond acceptors (Lipinski definition) is 1. The van der Waals surface area contributed by atoms with Crippen LogP contribution in [0.3, 0.4) is 0 Å². The minimum atomic E-state index is 0.0905. The maximum atomic E-state index is 13.2. The van der Waals surface area contributed by atoms with E-state index < -0.39 is 0 Å². The number of para-hydroxylation sites is 1. The van der Waals surface area contributed by atoms with Crippen LogP contribution in [-0.4, -0.2) is 28.5 Å². The molecule has 28 heavy (non-hydrogen) atoms. The van der Waals surface area contributed by atoms with Gasteiger partial charge < -0.3 is 9.47 Å². The molecule has 0 radical (unpaired) electrons. The van der Waals surface area contributed by atoms with Crippen molar-refractivity contribution in [3.63, 3.8) is 0 Å². The third-order valence-corrected chi connectivity index (χ3v) is 6.10. The first-order valence-electron chi connectivity index (χ1n) is 10.6. The van der Waals surface area contributed by atoms with Gasteiger partial charge in [-0.05, 0) is 50.3 Å². The second-order valence-electron chi connectivity index (χ2n) is 8.00. The molecule has 1 fully saturated rings. The molecule has 2 aromatic carbocycles. The molecule has 3 nitrogen and oxygen atoms in total. The van der Waals surface area contributed by atoms with Crippen LogP contribution >= 0.6 is 0 Å². The molecule has 0 aliphatic carbocycles. The second-order valence-corrected chi connectivity index (χ2v) is 8.00. The van der Waals surface area contributed by atoms with E-state index in [0.717, 1.165) is 32.5 Å². The molecular weight excluding hydrogens is 344 g/mol. The molecule has 1 aromatic heterocycles. The van der Waals surface area contributed by atoms with Gasteiger partial charge in [-0.15, -0.1) is 0 Å². The molecule has 0 saturated carbocycles. The zero-order valence-corrected chi connectivity index (χ0v) is 17.0. The summed E-state index contributed by atoms with van der Waals surface area (Å²) in [7, 11) is 0. The fourth-order valence-corrected chi connectivity index (χ4v) is 4.47. The van der Waals surface area contributed by atoms with E-state index in [2.05, 4.69) is 78.0 Å². The van der Waals surface area contributed by atoms with Crippen LogP contribution in [0, 0.1) is 6.92 Å². The lowest BCUT2D eigenvalue weighted by molar-refractivity contribution is -0.132. The molecule has 3 aromatic rings. The molecule has 1 aliphatic heterocycles. The van der Waals surface area contributed by atoms with Crippen LogP contribution in [0.25, 0.3) is 10.9 Å². The highest BCUT2D eigenvalue weighted by atomic mass is 16.2. The molecule has 2 heterocycles. The standard InChI is InChI=1S/C25H30N2O/c1-3-26-18-23(21-9-5-6-10-24(21)26)22(20-13-11-19(2)12-14-20)17-25(28)27-15-7-4-8-16-27/h5-6,9-14,18,22H,3-4,7-8,15-17H2,1-2H3/t22-/m1/s1. The number of aryl methyl sites for hydroxylation is 2. The van der Waals surface area contributed by atoms with Crippen molar-refractivity contribution in [2.45, 2.75) is 52.0 Å². The van der Waals surface area contributed by atoms with Crippen molar-refractivity contribution in [2.75, 3.05) is 13.1 Å². The average molecular weight is 375 g/mol. The summed E-state index contributed by atoms with van der Waals surface area (Å²) >= 11 is 0. The Morgan fingerprint density at radius 2 is 1.71 bits per heavy atom. The predicted octanol–water partition coefficient (Wildman–Crippen LogP) is 5.50. The van der Waals surface area contributed by atoms with Crippen LogP contribution in [0.5, 0.6) is 0 Å². The number of piperidine rings is 1. The summed E-state index contributed by atoms with van der Waals surface area (Å²) in [6.07, 6.45) is 6.32. The average Bonchev–Trinajstić information content (AvgIpc) is 3.12. The zero-order valence-electron chi connectivity index (χ0n) is 17.0. The highest BCUT2D eigenvalue weighted by Crippen LogP contribution is 2.35. The molecule has 3 heteroatoms. The highest BCUT2D eigenvalue weighted by Gasteiger charge is 2.25. The zero-order chi connectivity index (χ0) is 19.5. The number of amides is 1. The summed E-state index contributed by atoms with van der Waals surface area (Å²) in [6.45, 7) is 7.05. The maximum Gasteiger partial charge on any atom is 0.223 e. The smallest absolute Gasteiger partial charge is 0.223 e. The Bertz CT molecular complexity index is 948. The van der Waals surface area contributed by atoms with Gasteiger partial charge in [-0.3, -0.25) is 4.79 Å². The van der Waals surface area contributed by atoms with Crippen molar-refractivity contribution in [1.82, 2.24) is 9.47 Å². The third kappa shape index (κ3) is 3.71. The fourth-order valence-electron chi connectivity index (χ4n) is 4.47. The van der Waals surface area contributed by atoms with E-state index in [1.165, 1.54) is 34.0 Å². The Hall–Kier alpha value is -2.55. The normalized spacial score (nSPS) is 15.7. The van der Waals surface area contributed by atoms with Crippen molar-refractivity contribution < 1.29 is 4.79 Å². The van der Waals surface area contributed by atoms with Gasteiger partial charge in [-0.1, -0.05) is 48.0 Å². The van der Waals surface area contributed by atoms with Crippen LogP contribution in [-0.2, 0) is 11.3 Å². The summed E-state index contributed by atoms with van der Waals surface area (Å²) in [4.78, 5) is 15.2. The van der Waals surface area contributed by atoms with Crippen molar-refractivity contribution in [1.29, 1.82) is 0 Å². The van der Waals surface area contributed by atoms with Crippen molar-refractivity contribution in [2.24, 2.45) is 0 Å².